The van der Waals surface area contributed by atoms with E-state index in [1.165, 1.54) is 30.3 Å². The maximum absolute atomic E-state index is 12.7. The van der Waals surface area contributed by atoms with E-state index in [-0.39, 0.29) is 28.2 Å². The highest BCUT2D eigenvalue weighted by atomic mass is 32.2. The van der Waals surface area contributed by atoms with Crippen molar-refractivity contribution in [2.75, 3.05) is 4.72 Å². The zero-order chi connectivity index (χ0) is 19.8. The van der Waals surface area contributed by atoms with Gasteiger partial charge in [0.2, 0.25) is 0 Å². The smallest absolute Gasteiger partial charge is 0.271 e. The lowest BCUT2D eigenvalue weighted by molar-refractivity contribution is -0.385. The Kier molecular flexibility index (Phi) is 4.88. The number of nitrogens with one attached hydrogen (secondary N) is 2. The lowest BCUT2D eigenvalue weighted by Gasteiger charge is -2.12. The first kappa shape index (κ1) is 18.8. The van der Waals surface area contributed by atoms with Crippen molar-refractivity contribution in [1.82, 2.24) is 5.32 Å². The first-order chi connectivity index (χ1) is 12.7. The van der Waals surface area contributed by atoms with E-state index >= 15 is 0 Å². The molecule has 0 radical (unpaired) electrons. The number of nitro benzene ring substituents is 1. The summed E-state index contributed by atoms with van der Waals surface area (Å²) < 4.78 is 27.8. The van der Waals surface area contributed by atoms with Crippen LogP contribution < -0.4 is 10.0 Å². The van der Waals surface area contributed by atoms with Gasteiger partial charge < -0.3 is 5.32 Å². The maximum atomic E-state index is 12.7. The highest BCUT2D eigenvalue weighted by Crippen LogP contribution is 2.27. The monoisotopic (exact) mass is 389 g/mol. The number of nitrogens with zero attached hydrogens (tertiary/aromatic N) is 1. The molecule has 0 heterocycles. The number of amides is 1. The Hall–Kier alpha value is -2.94. The third-order valence-corrected chi connectivity index (χ3v) is 5.92. The summed E-state index contributed by atoms with van der Waals surface area (Å²) in [6.45, 7) is 3.22. The third kappa shape index (κ3) is 4.25. The van der Waals surface area contributed by atoms with E-state index in [9.17, 15) is 23.3 Å². The quantitative estimate of drug-likeness (QED) is 0.582. The van der Waals surface area contributed by atoms with E-state index in [1.54, 1.807) is 13.8 Å². The van der Waals surface area contributed by atoms with Gasteiger partial charge in [0.05, 0.1) is 9.82 Å². The van der Waals surface area contributed by atoms with Crippen LogP contribution in [0.25, 0.3) is 0 Å². The molecule has 1 aliphatic rings. The molecule has 2 N–H and O–H groups in total. The summed E-state index contributed by atoms with van der Waals surface area (Å²) in [6.07, 6.45) is 1.96. The molecule has 1 aliphatic carbocycles. The van der Waals surface area contributed by atoms with Crippen LogP contribution in [0.5, 0.6) is 0 Å². The lowest BCUT2D eigenvalue weighted by Crippen LogP contribution is -2.25. The number of anilines is 1. The largest absolute Gasteiger partial charge is 0.349 e. The molecular formula is C18H19N3O5S. The Balaban J connectivity index is 1.84. The Labute approximate surface area is 156 Å². The van der Waals surface area contributed by atoms with E-state index in [1.807, 2.05) is 0 Å². The molecular weight excluding hydrogens is 370 g/mol. The number of aryl methyl sites for hydroxylation is 1. The first-order valence-corrected chi connectivity index (χ1v) is 9.85. The minimum absolute atomic E-state index is 0.148. The molecule has 1 amide bonds. The second-order valence-electron chi connectivity index (χ2n) is 6.57. The van der Waals surface area contributed by atoms with Gasteiger partial charge in [-0.2, -0.15) is 0 Å². The zero-order valence-corrected chi connectivity index (χ0v) is 15.7. The lowest BCUT2D eigenvalue weighted by atomic mass is 10.1. The van der Waals surface area contributed by atoms with Crippen molar-refractivity contribution in [3.05, 3.63) is 63.2 Å². The first-order valence-electron chi connectivity index (χ1n) is 8.37. The van der Waals surface area contributed by atoms with Gasteiger partial charge in [0.25, 0.3) is 21.6 Å². The molecule has 1 fully saturated rings. The molecule has 0 bridgehead atoms. The molecule has 1 saturated carbocycles. The van der Waals surface area contributed by atoms with E-state index < -0.39 is 14.9 Å². The van der Waals surface area contributed by atoms with Crippen LogP contribution in [0.15, 0.2) is 41.3 Å². The van der Waals surface area contributed by atoms with Crippen molar-refractivity contribution >= 4 is 27.3 Å². The predicted octanol–water partition coefficient (Wildman–Crippen LogP) is 2.90. The van der Waals surface area contributed by atoms with Gasteiger partial charge in [0.15, 0.2) is 0 Å². The van der Waals surface area contributed by atoms with Crippen LogP contribution in [0, 0.1) is 24.0 Å². The van der Waals surface area contributed by atoms with Crippen molar-refractivity contribution in [3.63, 3.8) is 0 Å². The molecule has 0 unspecified atom stereocenters. The van der Waals surface area contributed by atoms with Gasteiger partial charge in [-0.3, -0.25) is 19.6 Å². The number of rotatable bonds is 6. The Morgan fingerprint density at radius 1 is 1.15 bits per heavy atom. The van der Waals surface area contributed by atoms with Crippen LogP contribution in [0.1, 0.15) is 34.3 Å². The zero-order valence-electron chi connectivity index (χ0n) is 14.9. The van der Waals surface area contributed by atoms with Crippen LogP contribution in [-0.2, 0) is 10.0 Å². The summed E-state index contributed by atoms with van der Waals surface area (Å²) in [7, 11) is -4.02. The van der Waals surface area contributed by atoms with E-state index in [2.05, 4.69) is 10.0 Å². The van der Waals surface area contributed by atoms with Crippen LogP contribution in [0.3, 0.4) is 0 Å². The van der Waals surface area contributed by atoms with Crippen LogP contribution in [-0.4, -0.2) is 25.3 Å². The molecule has 142 valence electrons. The van der Waals surface area contributed by atoms with E-state index in [4.69, 9.17) is 0 Å². The van der Waals surface area contributed by atoms with Crippen LogP contribution >= 0.6 is 0 Å². The van der Waals surface area contributed by atoms with Crippen molar-refractivity contribution in [1.29, 1.82) is 0 Å². The Morgan fingerprint density at radius 3 is 2.33 bits per heavy atom. The minimum Gasteiger partial charge on any atom is -0.349 e. The number of nitro groups is 1. The SMILES string of the molecule is Cc1cc([N+](=O)[O-])cc(S(=O)(=O)Nc2ccc(C(=O)NC3CC3)cc2)c1C. The topological polar surface area (TPSA) is 118 Å². The van der Waals surface area contributed by atoms with E-state index in [0.717, 1.165) is 18.9 Å². The second-order valence-corrected chi connectivity index (χ2v) is 8.22. The number of hydrogen-bond acceptors (Lipinski definition) is 5. The van der Waals surface area contributed by atoms with Crippen LogP contribution in [0.2, 0.25) is 0 Å². The molecule has 8 nitrogen and oxygen atoms in total. The van der Waals surface area contributed by atoms with Crippen LogP contribution in [0.4, 0.5) is 11.4 Å². The molecule has 2 aromatic carbocycles. The van der Waals surface area contributed by atoms with Gasteiger partial charge >= 0.3 is 0 Å². The van der Waals surface area contributed by atoms with Gasteiger partial charge in [0.1, 0.15) is 0 Å². The number of carbonyl (C=O) groups excluding carboxylic acids is 1. The minimum atomic E-state index is -4.02. The normalized spacial score (nSPS) is 13.9. The Morgan fingerprint density at radius 2 is 1.78 bits per heavy atom. The number of non-ortho nitro benzene ring substituents is 1. The highest BCUT2D eigenvalue weighted by Gasteiger charge is 2.24. The summed E-state index contributed by atoms with van der Waals surface area (Å²) in [5.41, 5.74) is 1.37. The number of sulfonamides is 1. The van der Waals surface area contributed by atoms with Crippen molar-refractivity contribution in [2.24, 2.45) is 0 Å². The van der Waals surface area contributed by atoms with Gasteiger partial charge in [-0.1, -0.05) is 0 Å². The number of hydrogen-bond donors (Lipinski definition) is 2. The standard InChI is InChI=1S/C18H19N3O5S/c1-11-9-16(21(23)24)10-17(12(11)2)27(25,26)20-15-5-3-13(4-6-15)18(22)19-14-7-8-14/h3-6,9-10,14,20H,7-8H2,1-2H3,(H,19,22). The van der Waals surface area contributed by atoms with Gasteiger partial charge in [0, 0.05) is 29.4 Å². The second kappa shape index (κ2) is 6.99. The molecule has 0 aromatic heterocycles. The Bertz CT molecular complexity index is 1010. The fraction of sp³-hybridized carbons (Fsp3) is 0.278. The van der Waals surface area contributed by atoms with Crippen molar-refractivity contribution < 1.29 is 18.1 Å². The maximum Gasteiger partial charge on any atom is 0.271 e. The molecule has 0 spiro atoms. The molecule has 2 aromatic rings. The highest BCUT2D eigenvalue weighted by molar-refractivity contribution is 7.92. The van der Waals surface area contributed by atoms with Crippen molar-refractivity contribution in [2.45, 2.75) is 37.6 Å². The molecule has 0 aliphatic heterocycles. The molecule has 3 rings (SSSR count). The molecule has 27 heavy (non-hydrogen) atoms. The fourth-order valence-electron chi connectivity index (χ4n) is 2.59. The third-order valence-electron chi connectivity index (χ3n) is 4.42. The summed E-state index contributed by atoms with van der Waals surface area (Å²) in [4.78, 5) is 22.2. The summed E-state index contributed by atoms with van der Waals surface area (Å²) in [6, 6.07) is 8.64. The number of carbonyl (C=O) groups is 1. The predicted molar refractivity (Wildman–Crippen MR) is 100 cm³/mol. The summed E-state index contributed by atoms with van der Waals surface area (Å²) in [5.74, 6) is -0.197. The molecule has 0 saturated heterocycles. The van der Waals surface area contributed by atoms with Gasteiger partial charge in [-0.25, -0.2) is 8.42 Å². The molecule has 9 heteroatoms. The average molecular weight is 389 g/mol. The van der Waals surface area contributed by atoms with Crippen molar-refractivity contribution in [3.8, 4) is 0 Å². The number of benzene rings is 2. The van der Waals surface area contributed by atoms with E-state index in [0.29, 0.717) is 16.7 Å². The fourth-order valence-corrected chi connectivity index (χ4v) is 3.99. The summed E-state index contributed by atoms with van der Waals surface area (Å²) >= 11 is 0. The summed E-state index contributed by atoms with van der Waals surface area (Å²) in [5, 5.41) is 13.9. The van der Waals surface area contributed by atoms with Gasteiger partial charge in [-0.15, -0.1) is 0 Å². The average Bonchev–Trinajstić information content (AvgIpc) is 3.41. The molecule has 0 atom stereocenters. The van der Waals surface area contributed by atoms with Gasteiger partial charge in [-0.05, 0) is 62.1 Å².